The highest BCUT2D eigenvalue weighted by Gasteiger charge is 2.07. The molecule has 8 nitrogen and oxygen atoms in total. The zero-order valence-corrected chi connectivity index (χ0v) is 18.7. The smallest absolute Gasteiger partial charge is 0.193 e. The number of hydrogen-bond donors (Lipinski definition) is 2. The third kappa shape index (κ3) is 6.34. The zero-order valence-electron chi connectivity index (χ0n) is 16.4. The molecular weight excluding hydrogens is 483 g/mol. The van der Waals surface area contributed by atoms with E-state index in [4.69, 9.17) is 15.2 Å². The Hall–Kier alpha value is -2.82. The number of rotatable bonds is 8. The number of nitrogens with two attached hydrogens (primary N) is 1. The molecule has 0 aliphatic carbocycles. The topological polar surface area (TPSA) is 99.6 Å². The maximum absolute atomic E-state index is 6.08. The van der Waals surface area contributed by atoms with Crippen molar-refractivity contribution in [3.05, 3.63) is 60.6 Å². The summed E-state index contributed by atoms with van der Waals surface area (Å²) in [5, 5.41) is 7.28. The molecule has 0 fully saturated rings. The van der Waals surface area contributed by atoms with Gasteiger partial charge >= 0.3 is 0 Å². The van der Waals surface area contributed by atoms with Crippen LogP contribution in [0.5, 0.6) is 11.5 Å². The Morgan fingerprint density at radius 2 is 1.97 bits per heavy atom. The molecule has 3 N–H and O–H groups in total. The Morgan fingerprint density at radius 3 is 2.69 bits per heavy atom. The van der Waals surface area contributed by atoms with Crippen molar-refractivity contribution >= 4 is 35.6 Å². The lowest BCUT2D eigenvalue weighted by Gasteiger charge is -2.14. The summed E-state index contributed by atoms with van der Waals surface area (Å²) >= 11 is 0. The lowest BCUT2D eigenvalue weighted by molar-refractivity contribution is 0.332. The highest BCUT2D eigenvalue weighted by Crippen LogP contribution is 2.29. The van der Waals surface area contributed by atoms with Crippen LogP contribution >= 0.6 is 24.0 Å². The Balaban J connectivity index is 0.00000300. The molecule has 3 aromatic rings. The molecule has 0 unspecified atom stereocenters. The molecule has 0 saturated carbocycles. The molecule has 0 saturated heterocycles. The Bertz CT molecular complexity index is 930. The van der Waals surface area contributed by atoms with Crippen LogP contribution in [-0.2, 0) is 6.54 Å². The van der Waals surface area contributed by atoms with Crippen LogP contribution in [0.1, 0.15) is 19.4 Å². The third-order valence-corrected chi connectivity index (χ3v) is 3.81. The Labute approximate surface area is 187 Å². The number of halogens is 1. The van der Waals surface area contributed by atoms with Crippen LogP contribution < -0.4 is 20.5 Å². The van der Waals surface area contributed by atoms with Crippen molar-refractivity contribution < 1.29 is 9.47 Å². The van der Waals surface area contributed by atoms with Crippen LogP contribution in [0.3, 0.4) is 0 Å². The average molecular weight is 508 g/mol. The second kappa shape index (κ2) is 11.2. The van der Waals surface area contributed by atoms with E-state index in [9.17, 15) is 0 Å². The third-order valence-electron chi connectivity index (χ3n) is 3.81. The van der Waals surface area contributed by atoms with Crippen molar-refractivity contribution in [2.75, 3.05) is 18.5 Å². The molecule has 0 aliphatic heterocycles. The molecule has 0 bridgehead atoms. The SMILES string of the molecule is CCOc1ccc(OCC)c(NC(N)=NCc2ccnc(-n3cccn3)c2)c1.I. The van der Waals surface area contributed by atoms with E-state index in [2.05, 4.69) is 20.4 Å². The van der Waals surface area contributed by atoms with Gasteiger partial charge in [-0.3, -0.25) is 0 Å². The van der Waals surface area contributed by atoms with Crippen LogP contribution in [0.2, 0.25) is 0 Å². The molecule has 9 heteroatoms. The number of guanidine groups is 1. The molecule has 29 heavy (non-hydrogen) atoms. The monoisotopic (exact) mass is 508 g/mol. The molecular formula is C20H25IN6O2. The maximum Gasteiger partial charge on any atom is 0.193 e. The lowest BCUT2D eigenvalue weighted by Crippen LogP contribution is -2.23. The fourth-order valence-electron chi connectivity index (χ4n) is 2.59. The fourth-order valence-corrected chi connectivity index (χ4v) is 2.59. The van der Waals surface area contributed by atoms with Gasteiger partial charge in [-0.1, -0.05) is 0 Å². The summed E-state index contributed by atoms with van der Waals surface area (Å²) in [6.45, 7) is 5.40. The second-order valence-electron chi connectivity index (χ2n) is 5.82. The summed E-state index contributed by atoms with van der Waals surface area (Å²) in [7, 11) is 0. The van der Waals surface area contributed by atoms with Crippen molar-refractivity contribution in [3.63, 3.8) is 0 Å². The summed E-state index contributed by atoms with van der Waals surface area (Å²) < 4.78 is 12.9. The number of aliphatic imine (C=N–C) groups is 1. The highest BCUT2D eigenvalue weighted by molar-refractivity contribution is 14.0. The largest absolute Gasteiger partial charge is 0.494 e. The minimum Gasteiger partial charge on any atom is -0.494 e. The predicted molar refractivity (Wildman–Crippen MR) is 125 cm³/mol. The van der Waals surface area contributed by atoms with Gasteiger partial charge in [0.05, 0.1) is 25.4 Å². The average Bonchev–Trinajstić information content (AvgIpc) is 3.24. The van der Waals surface area contributed by atoms with E-state index in [0.717, 1.165) is 17.1 Å². The van der Waals surface area contributed by atoms with Crippen LogP contribution in [0.4, 0.5) is 5.69 Å². The number of pyridine rings is 1. The van der Waals surface area contributed by atoms with Crippen molar-refractivity contribution in [2.45, 2.75) is 20.4 Å². The number of hydrogen-bond acceptors (Lipinski definition) is 5. The van der Waals surface area contributed by atoms with Crippen LogP contribution in [0, 0.1) is 0 Å². The van der Waals surface area contributed by atoms with Gasteiger partial charge in [0.25, 0.3) is 0 Å². The van der Waals surface area contributed by atoms with Gasteiger partial charge in [-0.2, -0.15) is 5.10 Å². The first-order valence-corrected chi connectivity index (χ1v) is 9.11. The normalized spacial score (nSPS) is 10.9. The molecule has 2 heterocycles. The summed E-state index contributed by atoms with van der Waals surface area (Å²) in [6.07, 6.45) is 5.27. The van der Waals surface area contributed by atoms with Gasteiger partial charge in [0, 0.05) is 24.7 Å². The molecule has 0 spiro atoms. The molecule has 154 valence electrons. The van der Waals surface area contributed by atoms with Crippen LogP contribution in [-0.4, -0.2) is 33.9 Å². The second-order valence-corrected chi connectivity index (χ2v) is 5.82. The van der Waals surface area contributed by atoms with E-state index in [1.54, 1.807) is 17.1 Å². The van der Waals surface area contributed by atoms with Gasteiger partial charge in [-0.25, -0.2) is 14.7 Å². The minimum atomic E-state index is 0. The molecule has 2 aromatic heterocycles. The van der Waals surface area contributed by atoms with E-state index < -0.39 is 0 Å². The first kappa shape index (κ1) is 22.5. The van der Waals surface area contributed by atoms with E-state index in [-0.39, 0.29) is 29.9 Å². The standard InChI is InChI=1S/C20H24N6O2.HI/c1-3-27-16-6-7-18(28-4-2)17(13-16)25-20(21)23-14-15-8-10-22-19(12-15)26-11-5-9-24-26;/h5-13H,3-4,14H2,1-2H3,(H3,21,23,25);1H. The van der Waals surface area contributed by atoms with Gasteiger partial charge in [0.2, 0.25) is 0 Å². The van der Waals surface area contributed by atoms with Gasteiger partial charge < -0.3 is 20.5 Å². The summed E-state index contributed by atoms with van der Waals surface area (Å²) in [5.41, 5.74) is 7.76. The van der Waals surface area contributed by atoms with E-state index >= 15 is 0 Å². The zero-order chi connectivity index (χ0) is 19.8. The van der Waals surface area contributed by atoms with Gasteiger partial charge in [-0.15, -0.1) is 24.0 Å². The molecule has 0 atom stereocenters. The summed E-state index contributed by atoms with van der Waals surface area (Å²) in [5.74, 6) is 2.44. The van der Waals surface area contributed by atoms with E-state index in [0.29, 0.717) is 31.2 Å². The van der Waals surface area contributed by atoms with Crippen LogP contribution in [0.15, 0.2) is 60.0 Å². The molecule has 3 rings (SSSR count). The van der Waals surface area contributed by atoms with Crippen molar-refractivity contribution in [3.8, 4) is 17.3 Å². The van der Waals surface area contributed by atoms with Gasteiger partial charge in [-0.05, 0) is 49.7 Å². The van der Waals surface area contributed by atoms with Crippen LogP contribution in [0.25, 0.3) is 5.82 Å². The van der Waals surface area contributed by atoms with E-state index in [1.807, 2.05) is 56.4 Å². The molecule has 0 aliphatic rings. The Kier molecular flexibility index (Phi) is 8.71. The van der Waals surface area contributed by atoms with Crippen molar-refractivity contribution in [2.24, 2.45) is 10.7 Å². The number of ether oxygens (including phenoxy) is 2. The number of anilines is 1. The van der Waals surface area contributed by atoms with Crippen molar-refractivity contribution in [1.82, 2.24) is 14.8 Å². The lowest BCUT2D eigenvalue weighted by atomic mass is 10.2. The Morgan fingerprint density at radius 1 is 1.14 bits per heavy atom. The number of aromatic nitrogens is 3. The van der Waals surface area contributed by atoms with Gasteiger partial charge in [0.1, 0.15) is 11.5 Å². The highest BCUT2D eigenvalue weighted by atomic mass is 127. The first-order chi connectivity index (χ1) is 13.7. The van der Waals surface area contributed by atoms with Crippen molar-refractivity contribution in [1.29, 1.82) is 0 Å². The number of benzene rings is 1. The molecule has 0 amide bonds. The first-order valence-electron chi connectivity index (χ1n) is 9.11. The fraction of sp³-hybridized carbons (Fsp3) is 0.250. The molecule has 1 aromatic carbocycles. The van der Waals surface area contributed by atoms with E-state index in [1.165, 1.54) is 0 Å². The minimum absolute atomic E-state index is 0. The number of nitrogens with one attached hydrogen (secondary N) is 1. The van der Waals surface area contributed by atoms with Gasteiger partial charge in [0.15, 0.2) is 11.8 Å². The maximum atomic E-state index is 6.08. The number of nitrogens with zero attached hydrogens (tertiary/aromatic N) is 4. The summed E-state index contributed by atoms with van der Waals surface area (Å²) in [6, 6.07) is 11.2. The molecule has 0 radical (unpaired) electrons. The summed E-state index contributed by atoms with van der Waals surface area (Å²) in [4.78, 5) is 8.73. The predicted octanol–water partition coefficient (Wildman–Crippen LogP) is 3.61. The quantitative estimate of drug-likeness (QED) is 0.274.